The Morgan fingerprint density at radius 1 is 1.55 bits per heavy atom. The first-order valence-corrected chi connectivity index (χ1v) is 8.74. The van der Waals surface area contributed by atoms with E-state index in [-0.39, 0.29) is 21.5 Å². The van der Waals surface area contributed by atoms with Gasteiger partial charge >= 0.3 is 0 Å². The predicted molar refractivity (Wildman–Crippen MR) is 77.9 cm³/mol. The molecule has 114 valence electrons. The summed E-state index contributed by atoms with van der Waals surface area (Å²) in [6, 6.07) is 1.36. The second-order valence-corrected chi connectivity index (χ2v) is 7.32. The zero-order valence-corrected chi connectivity index (χ0v) is 13.9. The smallest absolute Gasteiger partial charge is 0.245 e. The summed E-state index contributed by atoms with van der Waals surface area (Å²) in [4.78, 5) is 0.133. The average Bonchev–Trinajstić information content (AvgIpc) is 2.98. The Balaban J connectivity index is 2.13. The van der Waals surface area contributed by atoms with E-state index in [4.69, 9.17) is 9.15 Å². The zero-order chi connectivity index (χ0) is 14.8. The van der Waals surface area contributed by atoms with Crippen LogP contribution in [0.15, 0.2) is 20.0 Å². The highest BCUT2D eigenvalue weighted by atomic mass is 79.9. The highest BCUT2D eigenvalue weighted by Crippen LogP contribution is 2.27. The first-order chi connectivity index (χ1) is 9.44. The van der Waals surface area contributed by atoms with Gasteiger partial charge in [-0.3, -0.25) is 0 Å². The molecule has 2 heterocycles. The molecule has 20 heavy (non-hydrogen) atoms. The van der Waals surface area contributed by atoms with Crippen molar-refractivity contribution in [2.75, 3.05) is 20.3 Å². The predicted octanol–water partition coefficient (Wildman–Crippen LogP) is 1.46. The Bertz CT molecular complexity index is 552. The van der Waals surface area contributed by atoms with E-state index in [1.807, 2.05) is 6.92 Å². The van der Waals surface area contributed by atoms with Crippen LogP contribution in [0.3, 0.4) is 0 Å². The summed E-state index contributed by atoms with van der Waals surface area (Å²) < 4.78 is 38.3. The van der Waals surface area contributed by atoms with Crippen LogP contribution in [0.4, 0.5) is 0 Å². The van der Waals surface area contributed by atoms with Crippen LogP contribution >= 0.6 is 15.9 Å². The molecule has 2 N–H and O–H groups in total. The molecule has 1 aliphatic heterocycles. The van der Waals surface area contributed by atoms with Gasteiger partial charge in [0.1, 0.15) is 10.7 Å². The van der Waals surface area contributed by atoms with Crippen LogP contribution in [0, 0.1) is 5.92 Å². The molecule has 0 radical (unpaired) electrons. The fourth-order valence-electron chi connectivity index (χ4n) is 2.19. The van der Waals surface area contributed by atoms with E-state index in [1.165, 1.54) is 6.07 Å². The minimum absolute atomic E-state index is 0.133. The van der Waals surface area contributed by atoms with E-state index >= 15 is 0 Å². The first-order valence-electron chi connectivity index (χ1n) is 6.47. The normalized spacial score (nSPS) is 21.2. The van der Waals surface area contributed by atoms with Gasteiger partial charge in [0, 0.05) is 24.6 Å². The van der Waals surface area contributed by atoms with E-state index in [2.05, 4.69) is 26.0 Å². The van der Waals surface area contributed by atoms with E-state index in [0.717, 1.165) is 6.42 Å². The lowest BCUT2D eigenvalue weighted by Gasteiger charge is -2.18. The van der Waals surface area contributed by atoms with Crippen LogP contribution in [-0.2, 0) is 21.3 Å². The minimum atomic E-state index is -3.60. The van der Waals surface area contributed by atoms with Crippen molar-refractivity contribution in [1.29, 1.82) is 0 Å². The van der Waals surface area contributed by atoms with Gasteiger partial charge in [0.2, 0.25) is 10.0 Å². The number of rotatable bonds is 6. The summed E-state index contributed by atoms with van der Waals surface area (Å²) in [6.07, 6.45) is 0.876. The third-order valence-corrected chi connectivity index (χ3v) is 5.78. The Labute approximate surface area is 127 Å². The van der Waals surface area contributed by atoms with Gasteiger partial charge in [-0.1, -0.05) is 0 Å². The summed E-state index contributed by atoms with van der Waals surface area (Å²) in [5.74, 6) is 0.781. The first kappa shape index (κ1) is 16.0. The van der Waals surface area contributed by atoms with Crippen molar-refractivity contribution < 1.29 is 17.6 Å². The van der Waals surface area contributed by atoms with Gasteiger partial charge in [0.05, 0.1) is 13.2 Å². The van der Waals surface area contributed by atoms with Crippen LogP contribution in [0.1, 0.15) is 19.1 Å². The van der Waals surface area contributed by atoms with Gasteiger partial charge in [-0.05, 0) is 36.3 Å². The van der Waals surface area contributed by atoms with Crippen molar-refractivity contribution in [3.63, 3.8) is 0 Å². The second-order valence-electron chi connectivity index (χ2n) is 4.91. The molecule has 1 aromatic heterocycles. The molecule has 1 aliphatic rings. The van der Waals surface area contributed by atoms with Crippen molar-refractivity contribution in [3.8, 4) is 0 Å². The second kappa shape index (κ2) is 6.57. The Hall–Kier alpha value is -0.410. The third-order valence-electron chi connectivity index (χ3n) is 3.36. The summed E-state index contributed by atoms with van der Waals surface area (Å²) in [7, 11) is -1.83. The quantitative estimate of drug-likeness (QED) is 0.796. The summed E-state index contributed by atoms with van der Waals surface area (Å²) in [5.41, 5.74) is 0. The topological polar surface area (TPSA) is 80.6 Å². The summed E-state index contributed by atoms with van der Waals surface area (Å²) >= 11 is 3.16. The fraction of sp³-hybridized carbons (Fsp3) is 0.667. The lowest BCUT2D eigenvalue weighted by Crippen LogP contribution is -2.38. The molecule has 0 spiro atoms. The molecule has 0 saturated carbocycles. The molecule has 1 aromatic rings. The van der Waals surface area contributed by atoms with Gasteiger partial charge < -0.3 is 14.5 Å². The van der Waals surface area contributed by atoms with Gasteiger partial charge in [0.25, 0.3) is 0 Å². The molecule has 0 bridgehead atoms. The number of sulfonamides is 1. The van der Waals surface area contributed by atoms with Gasteiger partial charge in [-0.2, -0.15) is 0 Å². The Morgan fingerprint density at radius 2 is 2.30 bits per heavy atom. The van der Waals surface area contributed by atoms with Crippen LogP contribution in [0.2, 0.25) is 0 Å². The molecule has 6 nitrogen and oxygen atoms in total. The largest absolute Gasteiger partial charge is 0.452 e. The van der Waals surface area contributed by atoms with E-state index in [9.17, 15) is 8.42 Å². The zero-order valence-electron chi connectivity index (χ0n) is 11.5. The van der Waals surface area contributed by atoms with Gasteiger partial charge in [-0.15, -0.1) is 0 Å². The van der Waals surface area contributed by atoms with E-state index < -0.39 is 10.0 Å². The molecule has 0 amide bonds. The lowest BCUT2D eigenvalue weighted by atomic mass is 10.0. The minimum Gasteiger partial charge on any atom is -0.452 e. The van der Waals surface area contributed by atoms with Crippen LogP contribution < -0.4 is 10.0 Å². The van der Waals surface area contributed by atoms with Crippen LogP contribution in [0.5, 0.6) is 0 Å². The maximum atomic E-state index is 12.4. The molecule has 1 saturated heterocycles. The monoisotopic (exact) mass is 366 g/mol. The number of halogens is 1. The molecule has 2 unspecified atom stereocenters. The SMILES string of the molecule is CNCc1cc(S(=O)(=O)NC(C)C2CCOC2)c(Br)o1. The van der Waals surface area contributed by atoms with Crippen LogP contribution in [0.25, 0.3) is 0 Å². The maximum absolute atomic E-state index is 12.4. The molecule has 0 aromatic carbocycles. The number of hydrogen-bond donors (Lipinski definition) is 2. The van der Waals surface area contributed by atoms with Crippen molar-refractivity contribution >= 4 is 26.0 Å². The Morgan fingerprint density at radius 3 is 2.90 bits per heavy atom. The molecular weight excluding hydrogens is 348 g/mol. The van der Waals surface area contributed by atoms with Crippen molar-refractivity contribution in [1.82, 2.24) is 10.0 Å². The highest BCUT2D eigenvalue weighted by Gasteiger charge is 2.29. The Kier molecular flexibility index (Phi) is 5.25. The maximum Gasteiger partial charge on any atom is 0.245 e. The van der Waals surface area contributed by atoms with Gasteiger partial charge in [-0.25, -0.2) is 13.1 Å². The standard InChI is InChI=1S/C12H19BrN2O4S/c1-8(9-3-4-18-7-9)15-20(16,17)11-5-10(6-14-2)19-12(11)13/h5,8-9,14-15H,3-4,6-7H2,1-2H3. The number of ether oxygens (including phenoxy) is 1. The molecular formula is C12H19BrN2O4S. The lowest BCUT2D eigenvalue weighted by molar-refractivity contribution is 0.180. The number of hydrogen-bond acceptors (Lipinski definition) is 5. The van der Waals surface area contributed by atoms with Crippen molar-refractivity contribution in [2.24, 2.45) is 5.92 Å². The number of furan rings is 1. The number of nitrogens with one attached hydrogen (secondary N) is 2. The van der Waals surface area contributed by atoms with E-state index in [0.29, 0.717) is 25.5 Å². The highest BCUT2D eigenvalue weighted by molar-refractivity contribution is 9.10. The fourth-order valence-corrected chi connectivity index (χ4v) is 4.50. The van der Waals surface area contributed by atoms with Crippen molar-refractivity contribution in [3.05, 3.63) is 16.5 Å². The van der Waals surface area contributed by atoms with E-state index in [1.54, 1.807) is 7.05 Å². The third kappa shape index (κ3) is 3.62. The van der Waals surface area contributed by atoms with Gasteiger partial charge in [0.15, 0.2) is 4.67 Å². The summed E-state index contributed by atoms with van der Waals surface area (Å²) in [5, 5.41) is 2.92. The average molecular weight is 367 g/mol. The molecule has 1 fully saturated rings. The molecule has 0 aliphatic carbocycles. The molecule has 2 atom stereocenters. The van der Waals surface area contributed by atoms with Crippen molar-refractivity contribution in [2.45, 2.75) is 30.8 Å². The summed E-state index contributed by atoms with van der Waals surface area (Å²) in [6.45, 7) is 3.62. The molecule has 2 rings (SSSR count). The van der Waals surface area contributed by atoms with Crippen LogP contribution in [-0.4, -0.2) is 34.7 Å². The molecule has 8 heteroatoms.